The van der Waals surface area contributed by atoms with E-state index in [0.29, 0.717) is 24.2 Å². The van der Waals surface area contributed by atoms with Gasteiger partial charge in [0.15, 0.2) is 0 Å². The van der Waals surface area contributed by atoms with Gasteiger partial charge in [-0.05, 0) is 25.2 Å². The van der Waals surface area contributed by atoms with Crippen molar-refractivity contribution in [3.63, 3.8) is 0 Å². The highest BCUT2D eigenvalue weighted by atomic mass is 16.5. The van der Waals surface area contributed by atoms with Gasteiger partial charge < -0.3 is 10.3 Å². The van der Waals surface area contributed by atoms with E-state index < -0.39 is 29.7 Å². The fourth-order valence-electron chi connectivity index (χ4n) is 4.12. The Morgan fingerprint density at radius 3 is 2.48 bits per heavy atom. The van der Waals surface area contributed by atoms with Crippen molar-refractivity contribution in [1.82, 2.24) is 15.2 Å². The summed E-state index contributed by atoms with van der Waals surface area (Å²) in [6.07, 6.45) is 6.14. The van der Waals surface area contributed by atoms with E-state index in [1.165, 1.54) is 0 Å². The molecule has 0 radical (unpaired) electrons. The van der Waals surface area contributed by atoms with E-state index in [0.717, 1.165) is 11.2 Å². The molecule has 1 aliphatic carbocycles. The van der Waals surface area contributed by atoms with E-state index >= 15 is 0 Å². The van der Waals surface area contributed by atoms with Crippen molar-refractivity contribution in [2.24, 2.45) is 11.8 Å². The van der Waals surface area contributed by atoms with Crippen LogP contribution in [0.15, 0.2) is 12.2 Å². The Kier molecular flexibility index (Phi) is 5.31. The Bertz CT molecular complexity index is 793. The molecule has 2 atom stereocenters. The number of aliphatic hydroxyl groups excluding tert-OH is 1. The van der Waals surface area contributed by atoms with Crippen LogP contribution in [-0.4, -0.2) is 34.1 Å². The highest BCUT2D eigenvalue weighted by molar-refractivity contribution is 6.16. The Morgan fingerprint density at radius 2 is 1.93 bits per heavy atom. The lowest BCUT2D eigenvalue weighted by molar-refractivity contribution is -0.622. The van der Waals surface area contributed by atoms with Crippen LogP contribution in [0.2, 0.25) is 0 Å². The van der Waals surface area contributed by atoms with Crippen LogP contribution in [0.4, 0.5) is 4.79 Å². The number of aliphatic hydroxyl groups is 1. The van der Waals surface area contributed by atoms with Gasteiger partial charge in [-0.1, -0.05) is 12.2 Å². The summed E-state index contributed by atoms with van der Waals surface area (Å²) in [4.78, 5) is 36.6. The molecule has 3 N–H and O–H groups in total. The van der Waals surface area contributed by atoms with E-state index in [4.69, 9.17) is 0 Å². The van der Waals surface area contributed by atoms with Crippen molar-refractivity contribution < 1.29 is 24.2 Å². The molecule has 0 aromatic carbocycles. The summed E-state index contributed by atoms with van der Waals surface area (Å²) in [6.45, 7) is 3.44. The number of carbonyl (C=O) groups excluding carboxylic acids is 3. The van der Waals surface area contributed by atoms with Crippen LogP contribution in [-0.2, 0) is 16.1 Å². The van der Waals surface area contributed by atoms with E-state index in [-0.39, 0.29) is 24.9 Å². The van der Waals surface area contributed by atoms with Crippen molar-refractivity contribution in [2.45, 2.75) is 45.6 Å². The number of amides is 4. The zero-order valence-electron chi connectivity index (χ0n) is 15.4. The van der Waals surface area contributed by atoms with Crippen molar-refractivity contribution in [2.75, 3.05) is 6.61 Å². The SMILES string of the molecule is Cc1c(C)[n+]([O-])c(C(C2CC=CCC2)C2C(=O)NC(=O)NC2=O)n1CCO. The summed E-state index contributed by atoms with van der Waals surface area (Å²) < 4.78 is 2.44. The summed E-state index contributed by atoms with van der Waals surface area (Å²) in [5, 5.41) is 26.7. The molecular formula is C18H24N4O5. The molecule has 146 valence electrons. The summed E-state index contributed by atoms with van der Waals surface area (Å²) in [6, 6.07) is -0.850. The smallest absolute Gasteiger partial charge is 0.328 e. The highest BCUT2D eigenvalue weighted by Crippen LogP contribution is 2.39. The van der Waals surface area contributed by atoms with Gasteiger partial charge in [0.1, 0.15) is 23.9 Å². The minimum absolute atomic E-state index is 0.115. The molecule has 27 heavy (non-hydrogen) atoms. The third kappa shape index (κ3) is 3.34. The summed E-state index contributed by atoms with van der Waals surface area (Å²) >= 11 is 0. The zero-order chi connectivity index (χ0) is 19.7. The monoisotopic (exact) mass is 376 g/mol. The van der Waals surface area contributed by atoms with Gasteiger partial charge in [-0.15, -0.1) is 0 Å². The molecule has 1 saturated heterocycles. The summed E-state index contributed by atoms with van der Waals surface area (Å²) in [5.41, 5.74) is 1.14. The molecule has 2 aliphatic rings. The number of nitrogens with one attached hydrogen (secondary N) is 2. The maximum Gasteiger partial charge on any atom is 0.328 e. The molecule has 1 aromatic rings. The van der Waals surface area contributed by atoms with Crippen LogP contribution in [0.25, 0.3) is 0 Å². The molecule has 0 saturated carbocycles. The highest BCUT2D eigenvalue weighted by Gasteiger charge is 2.49. The normalized spacial score (nSPS) is 21.9. The van der Waals surface area contributed by atoms with Crippen LogP contribution >= 0.6 is 0 Å². The molecule has 9 nitrogen and oxygen atoms in total. The zero-order valence-corrected chi connectivity index (χ0v) is 15.4. The molecule has 0 bridgehead atoms. The van der Waals surface area contributed by atoms with E-state index in [2.05, 4.69) is 10.6 Å². The quantitative estimate of drug-likeness (QED) is 0.292. The van der Waals surface area contributed by atoms with E-state index in [1.54, 1.807) is 18.4 Å². The van der Waals surface area contributed by atoms with Crippen LogP contribution in [0.3, 0.4) is 0 Å². The number of hydrogen-bond acceptors (Lipinski definition) is 5. The fourth-order valence-corrected chi connectivity index (χ4v) is 4.12. The van der Waals surface area contributed by atoms with Gasteiger partial charge in [0.2, 0.25) is 11.8 Å². The van der Waals surface area contributed by atoms with Gasteiger partial charge >= 0.3 is 6.03 Å². The number of barbiturate groups is 1. The van der Waals surface area contributed by atoms with Gasteiger partial charge in [-0.25, -0.2) is 14.1 Å². The maximum atomic E-state index is 13.0. The molecular weight excluding hydrogens is 352 g/mol. The lowest BCUT2D eigenvalue weighted by Gasteiger charge is -2.33. The predicted octanol–water partition coefficient (Wildman–Crippen LogP) is 0.153. The number of allylic oxidation sites excluding steroid dienone is 2. The van der Waals surface area contributed by atoms with Gasteiger partial charge in [-0.3, -0.25) is 20.2 Å². The Hall–Kier alpha value is -2.68. The number of rotatable bonds is 5. The number of urea groups is 1. The maximum absolute atomic E-state index is 13.0. The second-order valence-electron chi connectivity index (χ2n) is 7.05. The minimum Gasteiger partial charge on any atom is -0.711 e. The van der Waals surface area contributed by atoms with Crippen LogP contribution in [0.1, 0.15) is 42.4 Å². The molecule has 0 spiro atoms. The fraction of sp³-hybridized carbons (Fsp3) is 0.556. The average molecular weight is 376 g/mol. The third-order valence-electron chi connectivity index (χ3n) is 5.55. The average Bonchev–Trinajstić information content (AvgIpc) is 2.83. The van der Waals surface area contributed by atoms with Crippen LogP contribution < -0.4 is 15.4 Å². The first-order chi connectivity index (χ1) is 12.9. The van der Waals surface area contributed by atoms with Crippen LogP contribution in [0.5, 0.6) is 0 Å². The Labute approximate surface area is 156 Å². The number of imidazole rings is 1. The first-order valence-corrected chi connectivity index (χ1v) is 9.07. The second kappa shape index (κ2) is 7.51. The van der Waals surface area contributed by atoms with Crippen molar-refractivity contribution >= 4 is 17.8 Å². The number of nitrogens with zero attached hydrogens (tertiary/aromatic N) is 2. The van der Waals surface area contributed by atoms with Gasteiger partial charge in [0, 0.05) is 13.8 Å². The Balaban J connectivity index is 2.15. The second-order valence-corrected chi connectivity index (χ2v) is 7.05. The van der Waals surface area contributed by atoms with Crippen molar-refractivity contribution in [3.8, 4) is 0 Å². The molecule has 2 heterocycles. The Morgan fingerprint density at radius 1 is 1.26 bits per heavy atom. The van der Waals surface area contributed by atoms with Crippen LogP contribution in [0, 0.1) is 30.9 Å². The molecule has 4 amide bonds. The first kappa shape index (κ1) is 19.1. The molecule has 1 aromatic heterocycles. The first-order valence-electron chi connectivity index (χ1n) is 9.07. The minimum atomic E-state index is -1.19. The summed E-state index contributed by atoms with van der Waals surface area (Å²) in [7, 11) is 0. The van der Waals surface area contributed by atoms with E-state index in [1.807, 2.05) is 12.2 Å². The topological polar surface area (TPSA) is 127 Å². The molecule has 1 aliphatic heterocycles. The van der Waals surface area contributed by atoms with Gasteiger partial charge in [0.05, 0.1) is 12.5 Å². The van der Waals surface area contributed by atoms with Crippen molar-refractivity contribution in [3.05, 3.63) is 34.6 Å². The molecule has 2 unspecified atom stereocenters. The number of hydrogen-bond donors (Lipinski definition) is 3. The number of carbonyl (C=O) groups is 3. The number of aromatic nitrogens is 2. The van der Waals surface area contributed by atoms with E-state index in [9.17, 15) is 24.7 Å². The molecule has 9 heteroatoms. The van der Waals surface area contributed by atoms with Gasteiger partial charge in [0.25, 0.3) is 5.82 Å². The largest absolute Gasteiger partial charge is 0.711 e. The predicted molar refractivity (Wildman–Crippen MR) is 94.3 cm³/mol. The lowest BCUT2D eigenvalue weighted by atomic mass is 9.74. The number of imide groups is 2. The molecule has 1 fully saturated rings. The van der Waals surface area contributed by atoms with Gasteiger partial charge in [-0.2, -0.15) is 0 Å². The third-order valence-corrected chi connectivity index (χ3v) is 5.55. The molecule has 3 rings (SSSR count). The lowest BCUT2D eigenvalue weighted by Crippen LogP contribution is -2.59. The van der Waals surface area contributed by atoms with Crippen molar-refractivity contribution in [1.29, 1.82) is 0 Å². The standard InChI is InChI=1S/C18H24N4O5/c1-10-11(2)22(27)17(21(10)8-9-23)13(12-6-4-3-5-7-12)14-15(24)19-18(26)20-16(14)25/h3-4,12-14,23H,5-9H2,1-2H3,(H2,19,20,24,25,26). The summed E-state index contributed by atoms with van der Waals surface area (Å²) in [5.74, 6) is -3.13.